The lowest BCUT2D eigenvalue weighted by molar-refractivity contribution is -0.117. The zero-order valence-electron chi connectivity index (χ0n) is 15.2. The zero-order chi connectivity index (χ0) is 17.6. The summed E-state index contributed by atoms with van der Waals surface area (Å²) < 4.78 is 0. The molecule has 1 amide bonds. The van der Waals surface area contributed by atoms with Crippen molar-refractivity contribution in [3.8, 4) is 0 Å². The first-order valence-electron chi connectivity index (χ1n) is 9.66. The fraction of sp³-hybridized carbons (Fsp3) is 0.650. The Labute approximate surface area is 150 Å². The van der Waals surface area contributed by atoms with Gasteiger partial charge in [0.15, 0.2) is 0 Å². The number of nitrogens with zero attached hydrogens (tertiary/aromatic N) is 1. The lowest BCUT2D eigenvalue weighted by Crippen LogP contribution is -2.36. The summed E-state index contributed by atoms with van der Waals surface area (Å²) in [5, 5.41) is 16.3. The van der Waals surface area contributed by atoms with Gasteiger partial charge in [-0.05, 0) is 62.7 Å². The molecule has 0 aliphatic carbocycles. The highest BCUT2D eigenvalue weighted by Gasteiger charge is 2.23. The number of aliphatic hydroxyl groups is 1. The molecule has 5 nitrogen and oxygen atoms in total. The Hall–Kier alpha value is -1.59. The number of nitrogens with one attached hydrogen (secondary N) is 2. The number of para-hydroxylation sites is 2. The van der Waals surface area contributed by atoms with Crippen molar-refractivity contribution < 1.29 is 9.90 Å². The first-order chi connectivity index (χ1) is 12.1. The van der Waals surface area contributed by atoms with Crippen LogP contribution in [0.1, 0.15) is 39.0 Å². The maximum Gasteiger partial charge on any atom is 0.224 e. The van der Waals surface area contributed by atoms with Gasteiger partial charge in [-0.1, -0.05) is 19.1 Å². The molecule has 5 heteroatoms. The number of carbonyl (C=O) groups is 1. The number of anilines is 2. The van der Waals surface area contributed by atoms with E-state index in [1.54, 1.807) is 0 Å². The van der Waals surface area contributed by atoms with E-state index in [9.17, 15) is 9.90 Å². The first kappa shape index (κ1) is 18.2. The molecule has 0 spiro atoms. The van der Waals surface area contributed by atoms with Crippen LogP contribution in [0.4, 0.5) is 11.4 Å². The summed E-state index contributed by atoms with van der Waals surface area (Å²) in [5.41, 5.74) is 1.95. The van der Waals surface area contributed by atoms with Crippen LogP contribution in [0.25, 0.3) is 0 Å². The molecule has 1 aromatic rings. The Morgan fingerprint density at radius 2 is 2.08 bits per heavy atom. The van der Waals surface area contributed by atoms with Crippen LogP contribution in [-0.2, 0) is 4.79 Å². The van der Waals surface area contributed by atoms with E-state index < -0.39 is 0 Å². The molecule has 2 atom stereocenters. The minimum absolute atomic E-state index is 0.0996. The van der Waals surface area contributed by atoms with Gasteiger partial charge in [-0.25, -0.2) is 0 Å². The molecule has 0 radical (unpaired) electrons. The highest BCUT2D eigenvalue weighted by molar-refractivity contribution is 5.94. The van der Waals surface area contributed by atoms with Crippen LogP contribution >= 0.6 is 0 Å². The fourth-order valence-electron chi connectivity index (χ4n) is 3.99. The van der Waals surface area contributed by atoms with Gasteiger partial charge in [-0.2, -0.15) is 0 Å². The predicted molar refractivity (Wildman–Crippen MR) is 102 cm³/mol. The van der Waals surface area contributed by atoms with Crippen LogP contribution in [0.5, 0.6) is 0 Å². The van der Waals surface area contributed by atoms with Gasteiger partial charge < -0.3 is 20.6 Å². The number of hydrogen-bond donors (Lipinski definition) is 3. The van der Waals surface area contributed by atoms with Crippen molar-refractivity contribution >= 4 is 17.3 Å². The van der Waals surface area contributed by atoms with Crippen LogP contribution < -0.4 is 15.5 Å². The van der Waals surface area contributed by atoms with Crippen molar-refractivity contribution in [2.75, 3.05) is 36.4 Å². The van der Waals surface area contributed by atoms with Crippen LogP contribution in [0.15, 0.2) is 24.3 Å². The van der Waals surface area contributed by atoms with Gasteiger partial charge in [0.25, 0.3) is 0 Å². The molecular formula is C20H31N3O2. The molecule has 138 valence electrons. The normalized spacial score (nSPS) is 23.3. The smallest absolute Gasteiger partial charge is 0.224 e. The molecule has 2 unspecified atom stereocenters. The summed E-state index contributed by atoms with van der Waals surface area (Å²) >= 11 is 0. The number of hydrogen-bond acceptors (Lipinski definition) is 4. The lowest BCUT2D eigenvalue weighted by atomic mass is 9.85. The van der Waals surface area contributed by atoms with Gasteiger partial charge in [0.05, 0.1) is 17.5 Å². The van der Waals surface area contributed by atoms with Gasteiger partial charge in [0, 0.05) is 19.5 Å². The summed E-state index contributed by atoms with van der Waals surface area (Å²) in [7, 11) is 0. The highest BCUT2D eigenvalue weighted by atomic mass is 16.3. The zero-order valence-corrected chi connectivity index (χ0v) is 15.2. The van der Waals surface area contributed by atoms with Crippen LogP contribution in [-0.4, -0.2) is 43.3 Å². The second-order valence-corrected chi connectivity index (χ2v) is 7.57. The molecule has 2 aliphatic rings. The largest absolute Gasteiger partial charge is 0.393 e. The number of rotatable bonds is 5. The average molecular weight is 345 g/mol. The third kappa shape index (κ3) is 4.95. The Kier molecular flexibility index (Phi) is 6.32. The monoisotopic (exact) mass is 345 g/mol. The number of piperidine rings is 2. The van der Waals surface area contributed by atoms with E-state index in [1.807, 2.05) is 18.2 Å². The third-order valence-electron chi connectivity index (χ3n) is 5.63. The van der Waals surface area contributed by atoms with Crippen molar-refractivity contribution in [2.45, 2.75) is 45.1 Å². The number of carbonyl (C=O) groups excluding carboxylic acids is 1. The second-order valence-electron chi connectivity index (χ2n) is 7.57. The van der Waals surface area contributed by atoms with E-state index in [0.717, 1.165) is 50.4 Å². The maximum atomic E-state index is 12.6. The Balaban J connectivity index is 1.59. The van der Waals surface area contributed by atoms with Crippen molar-refractivity contribution in [3.05, 3.63) is 24.3 Å². The highest BCUT2D eigenvalue weighted by Crippen LogP contribution is 2.29. The molecule has 3 N–H and O–H groups in total. The fourth-order valence-corrected chi connectivity index (χ4v) is 3.99. The lowest BCUT2D eigenvalue weighted by Gasteiger charge is -2.33. The summed E-state index contributed by atoms with van der Waals surface area (Å²) in [6.45, 7) is 5.99. The van der Waals surface area contributed by atoms with E-state index in [1.165, 1.54) is 12.8 Å². The number of aliphatic hydroxyl groups excluding tert-OH is 1. The maximum absolute atomic E-state index is 12.6. The number of benzene rings is 1. The minimum atomic E-state index is -0.192. The van der Waals surface area contributed by atoms with Gasteiger partial charge in [0.1, 0.15) is 0 Å². The average Bonchev–Trinajstić information content (AvgIpc) is 2.63. The summed E-state index contributed by atoms with van der Waals surface area (Å²) in [4.78, 5) is 14.8. The van der Waals surface area contributed by atoms with Crippen LogP contribution in [0.3, 0.4) is 0 Å². The van der Waals surface area contributed by atoms with Crippen molar-refractivity contribution in [1.29, 1.82) is 0 Å². The first-order valence-corrected chi connectivity index (χ1v) is 9.66. The van der Waals surface area contributed by atoms with E-state index in [2.05, 4.69) is 28.5 Å². The molecule has 2 saturated heterocycles. The molecule has 2 fully saturated rings. The van der Waals surface area contributed by atoms with Crippen molar-refractivity contribution in [1.82, 2.24) is 5.32 Å². The third-order valence-corrected chi connectivity index (χ3v) is 5.63. The van der Waals surface area contributed by atoms with Crippen LogP contribution in [0.2, 0.25) is 0 Å². The number of amides is 1. The molecule has 0 bridgehead atoms. The van der Waals surface area contributed by atoms with Gasteiger partial charge in [-0.15, -0.1) is 0 Å². The van der Waals surface area contributed by atoms with Gasteiger partial charge in [-0.3, -0.25) is 4.79 Å². The Morgan fingerprint density at radius 3 is 2.80 bits per heavy atom. The Morgan fingerprint density at radius 1 is 1.32 bits per heavy atom. The molecule has 2 heterocycles. The molecular weight excluding hydrogens is 314 g/mol. The summed E-state index contributed by atoms with van der Waals surface area (Å²) in [5.74, 6) is 1.09. The predicted octanol–water partition coefficient (Wildman–Crippen LogP) is 2.61. The van der Waals surface area contributed by atoms with Crippen molar-refractivity contribution in [2.24, 2.45) is 11.8 Å². The minimum Gasteiger partial charge on any atom is -0.393 e. The van der Waals surface area contributed by atoms with E-state index in [4.69, 9.17) is 0 Å². The quantitative estimate of drug-likeness (QED) is 0.768. The molecule has 0 saturated carbocycles. The molecule has 0 aromatic heterocycles. The van der Waals surface area contributed by atoms with Gasteiger partial charge >= 0.3 is 0 Å². The van der Waals surface area contributed by atoms with E-state index in [0.29, 0.717) is 18.3 Å². The summed E-state index contributed by atoms with van der Waals surface area (Å²) in [6.07, 6.45) is 4.37. The standard InChI is InChI=1S/C20H31N3O2/c1-15(16-5-4-10-21-14-16)13-20(25)22-18-6-2-3-7-19(18)23-11-8-17(24)9-12-23/h2-3,6-7,15-17,21,24H,4-5,8-14H2,1H3,(H,22,25). The molecule has 2 aliphatic heterocycles. The van der Waals surface area contributed by atoms with Crippen LogP contribution in [0, 0.1) is 11.8 Å². The Bertz CT molecular complexity index is 564. The van der Waals surface area contributed by atoms with E-state index in [-0.39, 0.29) is 12.0 Å². The van der Waals surface area contributed by atoms with E-state index >= 15 is 0 Å². The van der Waals surface area contributed by atoms with Crippen molar-refractivity contribution in [3.63, 3.8) is 0 Å². The topological polar surface area (TPSA) is 64.6 Å². The second kappa shape index (κ2) is 8.68. The molecule has 3 rings (SSSR count). The van der Waals surface area contributed by atoms with Gasteiger partial charge in [0.2, 0.25) is 5.91 Å². The molecule has 25 heavy (non-hydrogen) atoms. The molecule has 1 aromatic carbocycles. The SMILES string of the molecule is CC(CC(=O)Nc1ccccc1N1CCC(O)CC1)C1CCCNC1. The summed E-state index contributed by atoms with van der Waals surface area (Å²) in [6, 6.07) is 8.01.